The van der Waals surface area contributed by atoms with Crippen LogP contribution in [-0.4, -0.2) is 36.4 Å². The minimum absolute atomic E-state index is 0.158. The Bertz CT molecular complexity index is 785. The minimum Gasteiger partial charge on any atom is -0.350 e. The molecular weight excluding hydrogens is 370 g/mol. The van der Waals surface area contributed by atoms with Crippen molar-refractivity contribution in [1.82, 2.24) is 10.2 Å². The number of carbonyl (C=O) groups excluding carboxylic acids is 1. The molecule has 1 atom stereocenters. The Balaban J connectivity index is 1.75. The molecule has 1 heterocycles. The van der Waals surface area contributed by atoms with Crippen molar-refractivity contribution in [3.05, 3.63) is 70.2 Å². The van der Waals surface area contributed by atoms with E-state index in [0.717, 1.165) is 11.1 Å². The predicted octanol–water partition coefficient (Wildman–Crippen LogP) is 4.85. The second-order valence-corrected chi connectivity index (χ2v) is 7.42. The number of benzene rings is 2. The summed E-state index contributed by atoms with van der Waals surface area (Å²) in [5, 5.41) is 3.59. The minimum atomic E-state index is -2.61. The average Bonchev–Trinajstić information content (AvgIpc) is 2.64. The number of hydrogen-bond acceptors (Lipinski definition) is 2. The maximum atomic E-state index is 13.6. The third kappa shape index (κ3) is 5.05. The first-order valence-electron chi connectivity index (χ1n) is 9.07. The van der Waals surface area contributed by atoms with Gasteiger partial charge in [-0.2, -0.15) is 0 Å². The van der Waals surface area contributed by atoms with E-state index in [-0.39, 0.29) is 24.8 Å². The lowest BCUT2D eigenvalue weighted by Crippen LogP contribution is -2.45. The lowest BCUT2D eigenvalue weighted by molar-refractivity contribution is -0.0632. The third-order valence-electron chi connectivity index (χ3n) is 5.07. The summed E-state index contributed by atoms with van der Waals surface area (Å²) in [5.74, 6) is -2.76. The van der Waals surface area contributed by atoms with Crippen molar-refractivity contribution in [2.45, 2.75) is 31.7 Å². The molecule has 2 aromatic carbocycles. The summed E-state index contributed by atoms with van der Waals surface area (Å²) in [5.41, 5.74) is 2.47. The topological polar surface area (TPSA) is 32.3 Å². The van der Waals surface area contributed by atoms with Crippen molar-refractivity contribution in [2.24, 2.45) is 0 Å². The van der Waals surface area contributed by atoms with Gasteiger partial charge < -0.3 is 5.32 Å². The monoisotopic (exact) mass is 392 g/mol. The highest BCUT2D eigenvalue weighted by Crippen LogP contribution is 2.32. The van der Waals surface area contributed by atoms with Crippen LogP contribution in [0.15, 0.2) is 48.5 Å². The number of amides is 1. The molecule has 1 fully saturated rings. The predicted molar refractivity (Wildman–Crippen MR) is 103 cm³/mol. The number of likely N-dealkylation sites (tertiary alicyclic amines) is 1. The smallest absolute Gasteiger partial charge is 0.251 e. The maximum Gasteiger partial charge on any atom is 0.251 e. The summed E-state index contributed by atoms with van der Waals surface area (Å²) in [4.78, 5) is 14.6. The van der Waals surface area contributed by atoms with Crippen molar-refractivity contribution < 1.29 is 13.6 Å². The second kappa shape index (κ2) is 8.36. The van der Waals surface area contributed by atoms with Gasteiger partial charge in [-0.15, -0.1) is 0 Å². The Kier molecular flexibility index (Phi) is 6.12. The summed E-state index contributed by atoms with van der Waals surface area (Å²) >= 11 is 5.98. The molecule has 0 spiro atoms. The zero-order valence-corrected chi connectivity index (χ0v) is 16.0. The Morgan fingerprint density at radius 2 is 1.78 bits per heavy atom. The SMILES string of the molecule is Cc1ccccc1C(=O)NCC(c1ccc(Cl)cc1)N1CCC(F)(F)CC1. The van der Waals surface area contributed by atoms with Crippen molar-refractivity contribution in [1.29, 1.82) is 0 Å². The Hall–Kier alpha value is -1.98. The molecule has 1 unspecified atom stereocenters. The number of carbonyl (C=O) groups is 1. The number of alkyl halides is 2. The van der Waals surface area contributed by atoms with Gasteiger partial charge in [-0.05, 0) is 36.2 Å². The van der Waals surface area contributed by atoms with E-state index in [1.807, 2.05) is 42.2 Å². The summed E-state index contributed by atoms with van der Waals surface area (Å²) in [6, 6.07) is 14.5. The average molecular weight is 393 g/mol. The fraction of sp³-hybridized carbons (Fsp3) is 0.381. The number of piperidine rings is 1. The van der Waals surface area contributed by atoms with Crippen molar-refractivity contribution in [3.8, 4) is 0 Å². The molecule has 0 saturated carbocycles. The third-order valence-corrected chi connectivity index (χ3v) is 5.32. The first-order chi connectivity index (χ1) is 12.9. The summed E-state index contributed by atoms with van der Waals surface area (Å²) < 4.78 is 27.1. The first kappa shape index (κ1) is 19.8. The molecule has 0 bridgehead atoms. The first-order valence-corrected chi connectivity index (χ1v) is 9.45. The highest BCUT2D eigenvalue weighted by molar-refractivity contribution is 6.30. The molecule has 1 saturated heterocycles. The molecule has 3 rings (SSSR count). The van der Waals surface area contributed by atoms with E-state index in [2.05, 4.69) is 5.32 Å². The quantitative estimate of drug-likeness (QED) is 0.788. The number of aryl methyl sites for hydroxylation is 1. The van der Waals surface area contributed by atoms with Gasteiger partial charge in [-0.1, -0.05) is 41.9 Å². The van der Waals surface area contributed by atoms with E-state index in [1.54, 1.807) is 18.2 Å². The van der Waals surface area contributed by atoms with Crippen molar-refractivity contribution >= 4 is 17.5 Å². The van der Waals surface area contributed by atoms with E-state index in [0.29, 0.717) is 30.2 Å². The van der Waals surface area contributed by atoms with Gasteiger partial charge in [0.15, 0.2) is 0 Å². The number of rotatable bonds is 5. The van der Waals surface area contributed by atoms with Crippen LogP contribution in [0.3, 0.4) is 0 Å². The molecule has 1 aliphatic heterocycles. The standard InChI is InChI=1S/C21H23ClF2N2O/c1-15-4-2-3-5-18(15)20(27)25-14-19(16-6-8-17(22)9-7-16)26-12-10-21(23,24)11-13-26/h2-9,19H,10-14H2,1H3,(H,25,27). The molecule has 27 heavy (non-hydrogen) atoms. The molecular formula is C21H23ClF2N2O. The summed E-state index contributed by atoms with van der Waals surface area (Å²) in [7, 11) is 0. The molecule has 6 heteroatoms. The van der Waals surface area contributed by atoms with Crippen LogP contribution in [0.2, 0.25) is 5.02 Å². The second-order valence-electron chi connectivity index (χ2n) is 6.98. The lowest BCUT2D eigenvalue weighted by Gasteiger charge is -2.37. The Morgan fingerprint density at radius 1 is 1.15 bits per heavy atom. The van der Waals surface area contributed by atoms with Crippen molar-refractivity contribution in [2.75, 3.05) is 19.6 Å². The zero-order valence-electron chi connectivity index (χ0n) is 15.2. The highest BCUT2D eigenvalue weighted by Gasteiger charge is 2.36. The molecule has 1 N–H and O–H groups in total. The molecule has 3 nitrogen and oxygen atoms in total. The van der Waals surface area contributed by atoms with E-state index in [4.69, 9.17) is 11.6 Å². The van der Waals surface area contributed by atoms with Crippen LogP contribution >= 0.6 is 11.6 Å². The molecule has 0 aliphatic carbocycles. The van der Waals surface area contributed by atoms with Gasteiger partial charge in [0.25, 0.3) is 11.8 Å². The molecule has 1 amide bonds. The number of halogens is 3. The van der Waals surface area contributed by atoms with Crippen LogP contribution in [0.1, 0.15) is 40.4 Å². The lowest BCUT2D eigenvalue weighted by atomic mass is 9.99. The fourth-order valence-corrected chi connectivity index (χ4v) is 3.54. The molecule has 1 aliphatic rings. The zero-order chi connectivity index (χ0) is 19.4. The number of hydrogen-bond donors (Lipinski definition) is 1. The number of nitrogens with zero attached hydrogens (tertiary/aromatic N) is 1. The van der Waals surface area contributed by atoms with E-state index in [1.165, 1.54) is 0 Å². The van der Waals surface area contributed by atoms with E-state index >= 15 is 0 Å². The van der Waals surface area contributed by atoms with Crippen LogP contribution in [-0.2, 0) is 0 Å². The van der Waals surface area contributed by atoms with Gasteiger partial charge in [0.1, 0.15) is 0 Å². The maximum absolute atomic E-state index is 13.6. The van der Waals surface area contributed by atoms with E-state index < -0.39 is 5.92 Å². The highest BCUT2D eigenvalue weighted by atomic mass is 35.5. The molecule has 0 aromatic heterocycles. The van der Waals surface area contributed by atoms with Gasteiger partial charge in [0.05, 0.1) is 6.04 Å². The van der Waals surface area contributed by atoms with Crippen LogP contribution in [0.25, 0.3) is 0 Å². The van der Waals surface area contributed by atoms with Gasteiger partial charge in [0, 0.05) is 43.1 Å². The Morgan fingerprint density at radius 3 is 2.41 bits per heavy atom. The molecule has 144 valence electrons. The van der Waals surface area contributed by atoms with Gasteiger partial charge in [-0.3, -0.25) is 9.69 Å². The van der Waals surface area contributed by atoms with Crippen LogP contribution in [0, 0.1) is 6.92 Å². The van der Waals surface area contributed by atoms with Gasteiger partial charge in [0.2, 0.25) is 0 Å². The molecule has 2 aromatic rings. The van der Waals surface area contributed by atoms with Gasteiger partial charge in [-0.25, -0.2) is 8.78 Å². The summed E-state index contributed by atoms with van der Waals surface area (Å²) in [6.07, 6.45) is -0.328. The molecule has 0 radical (unpaired) electrons. The Labute approximate surface area is 163 Å². The van der Waals surface area contributed by atoms with Crippen LogP contribution in [0.4, 0.5) is 8.78 Å². The van der Waals surface area contributed by atoms with Crippen LogP contribution < -0.4 is 5.32 Å². The van der Waals surface area contributed by atoms with Crippen molar-refractivity contribution in [3.63, 3.8) is 0 Å². The van der Waals surface area contributed by atoms with Gasteiger partial charge >= 0.3 is 0 Å². The fourth-order valence-electron chi connectivity index (χ4n) is 3.42. The summed E-state index contributed by atoms with van der Waals surface area (Å²) in [6.45, 7) is 2.82. The van der Waals surface area contributed by atoms with E-state index in [9.17, 15) is 13.6 Å². The normalized spacial score (nSPS) is 18.1. The largest absolute Gasteiger partial charge is 0.350 e. The van der Waals surface area contributed by atoms with Crippen LogP contribution in [0.5, 0.6) is 0 Å². The number of nitrogens with one attached hydrogen (secondary N) is 1.